The summed E-state index contributed by atoms with van der Waals surface area (Å²) in [7, 11) is 0. The lowest BCUT2D eigenvalue weighted by molar-refractivity contribution is -0.117. The Morgan fingerprint density at radius 2 is 2.44 bits per heavy atom. The average molecular weight is 127 g/mol. The molecule has 0 aliphatic heterocycles. The largest absolute Gasteiger partial charge is 0.371 e. The minimum atomic E-state index is -0.344. The number of hydrogen-bond acceptors (Lipinski definition) is 3. The molecule has 0 amide bonds. The normalized spacial score (nSPS) is 8.44. The first-order valence-corrected chi connectivity index (χ1v) is 2.58. The van der Waals surface area contributed by atoms with Crippen molar-refractivity contribution in [3.63, 3.8) is 0 Å². The summed E-state index contributed by atoms with van der Waals surface area (Å²) < 4.78 is 4.72. The Morgan fingerprint density at radius 1 is 1.78 bits per heavy atom. The van der Waals surface area contributed by atoms with Crippen LogP contribution in [0.3, 0.4) is 0 Å². The number of ether oxygens (including phenoxy) is 1. The van der Waals surface area contributed by atoms with Crippen molar-refractivity contribution in [2.24, 2.45) is 5.73 Å². The molecular formula is C6H9NO2. The Balaban J connectivity index is 3.10. The summed E-state index contributed by atoms with van der Waals surface area (Å²) in [5, 5.41) is 0. The molecule has 0 saturated heterocycles. The Labute approximate surface area is 54.2 Å². The summed E-state index contributed by atoms with van der Waals surface area (Å²) in [4.78, 5) is 10.3. The van der Waals surface area contributed by atoms with Crippen molar-refractivity contribution < 1.29 is 9.53 Å². The number of rotatable bonds is 4. The van der Waals surface area contributed by atoms with Gasteiger partial charge in [-0.2, -0.15) is 0 Å². The number of nitrogens with two attached hydrogens (primary N) is 1. The van der Waals surface area contributed by atoms with Crippen LogP contribution in [0.25, 0.3) is 0 Å². The van der Waals surface area contributed by atoms with Crippen LogP contribution >= 0.6 is 0 Å². The Hall–Kier alpha value is -0.850. The van der Waals surface area contributed by atoms with E-state index in [1.54, 1.807) is 0 Å². The smallest absolute Gasteiger partial charge is 0.230 e. The van der Waals surface area contributed by atoms with Gasteiger partial charge in [0.1, 0.15) is 6.61 Å². The van der Waals surface area contributed by atoms with Gasteiger partial charge in [0.25, 0.3) is 0 Å². The molecule has 0 aromatic rings. The third-order valence-corrected chi connectivity index (χ3v) is 0.656. The van der Waals surface area contributed by atoms with Gasteiger partial charge in [0.05, 0.1) is 6.61 Å². The lowest BCUT2D eigenvalue weighted by Crippen LogP contribution is -2.13. The van der Waals surface area contributed by atoms with Gasteiger partial charge in [0.2, 0.25) is 5.78 Å². The molecule has 0 radical (unpaired) electrons. The Kier molecular flexibility index (Phi) is 4.79. The van der Waals surface area contributed by atoms with Crippen molar-refractivity contribution in [1.29, 1.82) is 0 Å². The monoisotopic (exact) mass is 127 g/mol. The fourth-order valence-corrected chi connectivity index (χ4v) is 0.290. The number of Topliss-reactive ketones (excluding diaryl/α,β-unsaturated/α-hetero) is 1. The van der Waals surface area contributed by atoms with Gasteiger partial charge in [-0.1, -0.05) is 0 Å². The van der Waals surface area contributed by atoms with Crippen LogP contribution in [0.2, 0.25) is 0 Å². The third kappa shape index (κ3) is 5.01. The summed E-state index contributed by atoms with van der Waals surface area (Å²) in [5.74, 6) is 1.58. The van der Waals surface area contributed by atoms with E-state index in [9.17, 15) is 4.79 Å². The molecule has 0 rings (SSSR count). The van der Waals surface area contributed by atoms with E-state index in [1.165, 1.54) is 0 Å². The number of ketones is 1. The molecule has 0 fully saturated rings. The van der Waals surface area contributed by atoms with Crippen LogP contribution in [-0.2, 0) is 9.53 Å². The maximum absolute atomic E-state index is 10.3. The summed E-state index contributed by atoms with van der Waals surface area (Å²) in [6.07, 6.45) is 4.74. The molecule has 0 aliphatic rings. The molecule has 0 aromatic heterocycles. The molecule has 9 heavy (non-hydrogen) atoms. The zero-order valence-electron chi connectivity index (χ0n) is 5.09. The third-order valence-electron chi connectivity index (χ3n) is 0.656. The highest BCUT2D eigenvalue weighted by molar-refractivity contribution is 5.95. The predicted octanol–water partition coefficient (Wildman–Crippen LogP) is -0.836. The van der Waals surface area contributed by atoms with Crippen LogP contribution in [0.4, 0.5) is 0 Å². The van der Waals surface area contributed by atoms with E-state index in [0.29, 0.717) is 13.2 Å². The SMILES string of the molecule is C#CC(=O)COCCN. The van der Waals surface area contributed by atoms with E-state index < -0.39 is 0 Å². The van der Waals surface area contributed by atoms with Crippen molar-refractivity contribution in [3.8, 4) is 12.3 Å². The van der Waals surface area contributed by atoms with Crippen LogP contribution in [-0.4, -0.2) is 25.5 Å². The van der Waals surface area contributed by atoms with E-state index in [1.807, 2.05) is 5.92 Å². The second kappa shape index (κ2) is 5.29. The quantitative estimate of drug-likeness (QED) is 0.304. The van der Waals surface area contributed by atoms with Gasteiger partial charge in [-0.3, -0.25) is 4.79 Å². The molecule has 3 nitrogen and oxygen atoms in total. The van der Waals surface area contributed by atoms with Gasteiger partial charge in [0.15, 0.2) is 0 Å². The summed E-state index contributed by atoms with van der Waals surface area (Å²) >= 11 is 0. The molecule has 2 N–H and O–H groups in total. The lowest BCUT2D eigenvalue weighted by Gasteiger charge is -1.94. The zero-order chi connectivity index (χ0) is 7.11. The standard InChI is InChI=1S/C6H9NO2/c1-2-6(8)5-9-4-3-7/h1H,3-5,7H2. The van der Waals surface area contributed by atoms with Crippen LogP contribution < -0.4 is 5.73 Å². The maximum atomic E-state index is 10.3. The molecule has 0 aromatic carbocycles. The summed E-state index contributed by atoms with van der Waals surface area (Å²) in [6, 6.07) is 0. The molecule has 0 atom stereocenters. The van der Waals surface area contributed by atoms with Gasteiger partial charge in [-0.15, -0.1) is 6.42 Å². The molecule has 0 unspecified atom stereocenters. The van der Waals surface area contributed by atoms with Gasteiger partial charge in [-0.05, 0) is 5.92 Å². The molecule has 0 bridgehead atoms. The van der Waals surface area contributed by atoms with Crippen LogP contribution in [0, 0.1) is 12.3 Å². The van der Waals surface area contributed by atoms with Crippen molar-refractivity contribution in [2.45, 2.75) is 0 Å². The van der Waals surface area contributed by atoms with Gasteiger partial charge in [-0.25, -0.2) is 0 Å². The maximum Gasteiger partial charge on any atom is 0.230 e. The summed E-state index contributed by atoms with van der Waals surface area (Å²) in [6.45, 7) is 0.777. The fraction of sp³-hybridized carbons (Fsp3) is 0.500. The topological polar surface area (TPSA) is 52.3 Å². The van der Waals surface area contributed by atoms with Crippen molar-refractivity contribution in [2.75, 3.05) is 19.8 Å². The van der Waals surface area contributed by atoms with Crippen molar-refractivity contribution in [3.05, 3.63) is 0 Å². The lowest BCUT2D eigenvalue weighted by atomic mass is 10.4. The van der Waals surface area contributed by atoms with Crippen molar-refractivity contribution in [1.82, 2.24) is 0 Å². The van der Waals surface area contributed by atoms with Crippen LogP contribution in [0.1, 0.15) is 0 Å². The van der Waals surface area contributed by atoms with Gasteiger partial charge >= 0.3 is 0 Å². The van der Waals surface area contributed by atoms with E-state index >= 15 is 0 Å². The first-order valence-electron chi connectivity index (χ1n) is 2.58. The highest BCUT2D eigenvalue weighted by Crippen LogP contribution is 1.72. The molecule has 0 spiro atoms. The molecule has 50 valence electrons. The number of carbonyl (C=O) groups is 1. The fourth-order valence-electron chi connectivity index (χ4n) is 0.290. The average Bonchev–Trinajstić information content (AvgIpc) is 1.89. The van der Waals surface area contributed by atoms with Gasteiger partial charge in [0, 0.05) is 6.54 Å². The van der Waals surface area contributed by atoms with E-state index in [-0.39, 0.29) is 12.4 Å². The number of hydrogen-bond donors (Lipinski definition) is 1. The second-order valence-corrected chi connectivity index (χ2v) is 1.41. The van der Waals surface area contributed by atoms with Crippen LogP contribution in [0.5, 0.6) is 0 Å². The Bertz CT molecular complexity index is 126. The molecular weight excluding hydrogens is 118 g/mol. The summed E-state index contributed by atoms with van der Waals surface area (Å²) in [5.41, 5.74) is 5.07. The van der Waals surface area contributed by atoms with Gasteiger partial charge < -0.3 is 10.5 Å². The van der Waals surface area contributed by atoms with E-state index in [0.717, 1.165) is 0 Å². The number of terminal acetylenes is 1. The highest BCUT2D eigenvalue weighted by atomic mass is 16.5. The molecule has 3 heteroatoms. The first kappa shape index (κ1) is 8.15. The molecule has 0 aliphatic carbocycles. The first-order chi connectivity index (χ1) is 4.31. The van der Waals surface area contributed by atoms with Crippen LogP contribution in [0.15, 0.2) is 0 Å². The highest BCUT2D eigenvalue weighted by Gasteiger charge is 1.92. The Morgan fingerprint density at radius 3 is 2.89 bits per heavy atom. The zero-order valence-corrected chi connectivity index (χ0v) is 5.09. The second-order valence-electron chi connectivity index (χ2n) is 1.41. The minimum absolute atomic E-state index is 0.0201. The minimum Gasteiger partial charge on any atom is -0.371 e. The molecule has 0 heterocycles. The van der Waals surface area contributed by atoms with E-state index in [2.05, 4.69) is 0 Å². The number of carbonyl (C=O) groups excluding carboxylic acids is 1. The van der Waals surface area contributed by atoms with E-state index in [4.69, 9.17) is 16.9 Å². The predicted molar refractivity (Wildman–Crippen MR) is 33.7 cm³/mol. The molecule has 0 saturated carbocycles. The van der Waals surface area contributed by atoms with Crippen molar-refractivity contribution >= 4 is 5.78 Å².